The van der Waals surface area contributed by atoms with Crippen LogP contribution in [0, 0.1) is 13.8 Å². The maximum atomic E-state index is 13.3. The number of aryl methyl sites for hydroxylation is 2. The Bertz CT molecular complexity index is 1180. The Balaban J connectivity index is 2.05. The normalized spacial score (nSPS) is 11.4. The first-order chi connectivity index (χ1) is 17.7. The van der Waals surface area contributed by atoms with Gasteiger partial charge in [-0.3, -0.25) is 10.9 Å². The van der Waals surface area contributed by atoms with Crippen molar-refractivity contribution in [1.82, 2.24) is 0 Å². The lowest BCUT2D eigenvalue weighted by molar-refractivity contribution is 0.0580. The molecule has 0 unspecified atom stereocenters. The molecule has 38 heavy (non-hydrogen) atoms. The number of hydrogen-bond acceptors (Lipinski definition) is 6. The lowest BCUT2D eigenvalue weighted by atomic mass is 10.2. The summed E-state index contributed by atoms with van der Waals surface area (Å²) < 4.78 is 11.4. The molecule has 0 aliphatic carbocycles. The second kappa shape index (κ2) is 11.5. The molecule has 0 heterocycles. The Labute approximate surface area is 225 Å². The number of carbonyl (C=O) groups is 2. The zero-order chi connectivity index (χ0) is 28.1. The topological polar surface area (TPSA) is 83.1 Å². The third-order valence-electron chi connectivity index (χ3n) is 5.25. The second-order valence-electron chi connectivity index (χ2n) is 11.0. The molecule has 0 fully saturated rings. The Morgan fingerprint density at radius 2 is 0.974 bits per heavy atom. The summed E-state index contributed by atoms with van der Waals surface area (Å²) in [5.74, 6) is 0. The summed E-state index contributed by atoms with van der Waals surface area (Å²) in [4.78, 5) is 26.7. The Kier molecular flexibility index (Phi) is 8.56. The van der Waals surface area contributed by atoms with Crippen LogP contribution in [0.1, 0.15) is 52.7 Å². The van der Waals surface area contributed by atoms with Gasteiger partial charge in [-0.25, -0.2) is 9.59 Å². The van der Waals surface area contributed by atoms with Crippen LogP contribution >= 0.6 is 0 Å². The minimum absolute atomic E-state index is 0.472. The van der Waals surface area contributed by atoms with E-state index in [0.29, 0.717) is 11.4 Å². The smallest absolute Gasteiger partial charge is 0.433 e. The van der Waals surface area contributed by atoms with Crippen LogP contribution in [-0.2, 0) is 9.47 Å². The number of benzene rings is 3. The van der Waals surface area contributed by atoms with Crippen LogP contribution in [0.3, 0.4) is 0 Å². The van der Waals surface area contributed by atoms with E-state index >= 15 is 0 Å². The summed E-state index contributed by atoms with van der Waals surface area (Å²) in [6.45, 7) is 14.7. The van der Waals surface area contributed by atoms with Crippen molar-refractivity contribution in [2.75, 3.05) is 20.9 Å². The average Bonchev–Trinajstić information content (AvgIpc) is 2.80. The van der Waals surface area contributed by atoms with Gasteiger partial charge in [0.25, 0.3) is 0 Å². The summed E-state index contributed by atoms with van der Waals surface area (Å²) in [7, 11) is 0. The van der Waals surface area contributed by atoms with Gasteiger partial charge in [-0.15, -0.1) is 0 Å². The monoisotopic (exact) mass is 518 g/mol. The van der Waals surface area contributed by atoms with Gasteiger partial charge in [-0.2, -0.15) is 10.0 Å². The first-order valence-electron chi connectivity index (χ1n) is 12.5. The summed E-state index contributed by atoms with van der Waals surface area (Å²) in [6, 6.07) is 22.3. The van der Waals surface area contributed by atoms with Gasteiger partial charge in [0.05, 0.1) is 22.7 Å². The number of rotatable bonds is 6. The van der Waals surface area contributed by atoms with Gasteiger partial charge < -0.3 is 9.47 Å². The molecule has 0 aromatic heterocycles. The molecule has 0 saturated heterocycles. The Hall–Kier alpha value is -4.20. The zero-order valence-electron chi connectivity index (χ0n) is 23.5. The van der Waals surface area contributed by atoms with E-state index in [1.54, 1.807) is 24.3 Å². The fourth-order valence-electron chi connectivity index (χ4n) is 3.46. The highest BCUT2D eigenvalue weighted by atomic mass is 16.6. The third kappa shape index (κ3) is 7.90. The van der Waals surface area contributed by atoms with E-state index in [1.165, 1.54) is 10.0 Å². The number of para-hydroxylation sites is 2. The van der Waals surface area contributed by atoms with Crippen molar-refractivity contribution in [3.63, 3.8) is 0 Å². The van der Waals surface area contributed by atoms with Crippen molar-refractivity contribution in [3.05, 3.63) is 83.9 Å². The quantitative estimate of drug-likeness (QED) is 0.323. The molecule has 0 aliphatic heterocycles. The van der Waals surface area contributed by atoms with Crippen LogP contribution in [0.2, 0.25) is 0 Å². The van der Waals surface area contributed by atoms with E-state index in [-0.39, 0.29) is 0 Å². The average molecular weight is 519 g/mol. The number of carbonyl (C=O) groups excluding carboxylic acids is 2. The van der Waals surface area contributed by atoms with Crippen molar-refractivity contribution in [3.8, 4) is 0 Å². The van der Waals surface area contributed by atoms with Crippen LogP contribution in [0.5, 0.6) is 0 Å². The highest BCUT2D eigenvalue weighted by molar-refractivity contribution is 5.94. The van der Waals surface area contributed by atoms with Gasteiger partial charge in [-0.05, 0) is 96.8 Å². The molecule has 0 aliphatic rings. The highest BCUT2D eigenvalue weighted by Gasteiger charge is 2.27. The predicted octanol–water partition coefficient (Wildman–Crippen LogP) is 7.84. The fourth-order valence-corrected chi connectivity index (χ4v) is 3.46. The molecule has 202 valence electrons. The second-order valence-corrected chi connectivity index (χ2v) is 11.0. The van der Waals surface area contributed by atoms with Crippen molar-refractivity contribution >= 4 is 34.9 Å². The van der Waals surface area contributed by atoms with Gasteiger partial charge in [0, 0.05) is 0 Å². The molecule has 3 rings (SSSR count). The van der Waals surface area contributed by atoms with Crippen molar-refractivity contribution < 1.29 is 19.1 Å². The molecular weight excluding hydrogens is 480 g/mol. The van der Waals surface area contributed by atoms with E-state index in [4.69, 9.17) is 9.47 Å². The fraction of sp³-hybridized carbons (Fsp3) is 0.333. The van der Waals surface area contributed by atoms with Gasteiger partial charge >= 0.3 is 12.2 Å². The number of nitrogens with one attached hydrogen (secondary N) is 2. The first kappa shape index (κ1) is 28.4. The van der Waals surface area contributed by atoms with E-state index in [2.05, 4.69) is 10.9 Å². The maximum absolute atomic E-state index is 13.3. The Morgan fingerprint density at radius 1 is 0.605 bits per heavy atom. The molecule has 0 bridgehead atoms. The van der Waals surface area contributed by atoms with Crippen LogP contribution in [0.15, 0.2) is 72.8 Å². The van der Waals surface area contributed by atoms with Crippen LogP contribution < -0.4 is 20.9 Å². The summed E-state index contributed by atoms with van der Waals surface area (Å²) in [5.41, 5.74) is 9.27. The van der Waals surface area contributed by atoms with E-state index < -0.39 is 23.4 Å². The number of ether oxygens (including phenoxy) is 2. The Morgan fingerprint density at radius 3 is 1.32 bits per heavy atom. The molecule has 3 aromatic carbocycles. The SMILES string of the molecule is Cc1ccccc1NN(C(=O)OC(C)(C)C)c1cccc(N(Nc2ccccc2C)C(=O)OC(C)(C)C)c1. The standard InChI is InChI=1S/C30H38N4O4/c1-21-14-9-11-18-25(21)31-33(27(35)37-29(3,4)5)23-16-13-17-24(20-23)34(28(36)38-30(6,7)8)32-26-19-12-10-15-22(26)2/h9-20,31-32H,1-8H3. The van der Waals surface area contributed by atoms with Gasteiger partial charge in [-0.1, -0.05) is 42.5 Å². The largest absolute Gasteiger partial charge is 0.442 e. The molecule has 2 amide bonds. The summed E-state index contributed by atoms with van der Waals surface area (Å²) in [6.07, 6.45) is -1.18. The molecule has 8 heteroatoms. The molecule has 0 radical (unpaired) electrons. The lowest BCUT2D eigenvalue weighted by Crippen LogP contribution is -2.42. The van der Waals surface area contributed by atoms with E-state index in [0.717, 1.165) is 22.5 Å². The minimum Gasteiger partial charge on any atom is -0.442 e. The van der Waals surface area contributed by atoms with Crippen molar-refractivity contribution in [2.45, 2.75) is 66.6 Å². The minimum atomic E-state index is -0.713. The highest BCUT2D eigenvalue weighted by Crippen LogP contribution is 2.28. The van der Waals surface area contributed by atoms with Gasteiger partial charge in [0.15, 0.2) is 0 Å². The maximum Gasteiger partial charge on any atom is 0.433 e. The number of amides is 2. The molecule has 2 N–H and O–H groups in total. The third-order valence-corrected chi connectivity index (χ3v) is 5.25. The van der Waals surface area contributed by atoms with Gasteiger partial charge in [0.2, 0.25) is 0 Å². The number of hydrogen-bond donors (Lipinski definition) is 2. The molecule has 0 saturated carbocycles. The number of nitrogens with zero attached hydrogens (tertiary/aromatic N) is 2. The van der Waals surface area contributed by atoms with Crippen molar-refractivity contribution in [1.29, 1.82) is 0 Å². The van der Waals surface area contributed by atoms with Crippen LogP contribution in [-0.4, -0.2) is 23.4 Å². The van der Waals surface area contributed by atoms with Crippen LogP contribution in [0.4, 0.5) is 32.3 Å². The molecular formula is C30H38N4O4. The lowest BCUT2D eigenvalue weighted by Gasteiger charge is -2.31. The number of hydrazine groups is 2. The molecule has 0 atom stereocenters. The predicted molar refractivity (Wildman–Crippen MR) is 153 cm³/mol. The molecule has 8 nitrogen and oxygen atoms in total. The van der Waals surface area contributed by atoms with Crippen molar-refractivity contribution in [2.24, 2.45) is 0 Å². The number of anilines is 4. The summed E-state index contributed by atoms with van der Waals surface area (Å²) in [5, 5.41) is 2.66. The first-order valence-corrected chi connectivity index (χ1v) is 12.5. The molecule has 0 spiro atoms. The van der Waals surface area contributed by atoms with Crippen LogP contribution in [0.25, 0.3) is 0 Å². The molecule has 3 aromatic rings. The van der Waals surface area contributed by atoms with Gasteiger partial charge in [0.1, 0.15) is 11.2 Å². The van der Waals surface area contributed by atoms with E-state index in [1.807, 2.05) is 104 Å². The zero-order valence-corrected chi connectivity index (χ0v) is 23.5. The van der Waals surface area contributed by atoms with E-state index in [9.17, 15) is 9.59 Å². The summed E-state index contributed by atoms with van der Waals surface area (Å²) >= 11 is 0.